The van der Waals surface area contributed by atoms with Crippen LogP contribution < -0.4 is 5.32 Å². The number of likely N-dealkylation sites (N-methyl/N-ethyl adjacent to an activating group) is 1. The Bertz CT molecular complexity index is 495. The second-order valence-electron chi connectivity index (χ2n) is 5.64. The van der Waals surface area contributed by atoms with Crippen LogP contribution >= 0.6 is 0 Å². The number of nitrogens with one attached hydrogen (secondary N) is 1. The minimum Gasteiger partial charge on any atom is -0.353 e. The molecule has 0 atom stereocenters. The van der Waals surface area contributed by atoms with Crippen LogP contribution in [0.5, 0.6) is 0 Å². The molecule has 0 aliphatic rings. The molecule has 1 rings (SSSR count). The minimum atomic E-state index is -0.0593. The van der Waals surface area contributed by atoms with Gasteiger partial charge in [-0.3, -0.25) is 14.5 Å². The molecule has 0 bridgehead atoms. The van der Waals surface area contributed by atoms with Crippen LogP contribution in [0.3, 0.4) is 0 Å². The highest BCUT2D eigenvalue weighted by molar-refractivity contribution is 5.99. The lowest BCUT2D eigenvalue weighted by Gasteiger charge is -2.17. The van der Waals surface area contributed by atoms with Crippen molar-refractivity contribution in [1.29, 1.82) is 0 Å². The molecule has 0 aliphatic heterocycles. The van der Waals surface area contributed by atoms with Gasteiger partial charge < -0.3 is 5.32 Å². The number of carbonyl (C=O) groups is 2. The van der Waals surface area contributed by atoms with Gasteiger partial charge in [-0.1, -0.05) is 23.8 Å². The Kier molecular flexibility index (Phi) is 5.89. The number of amides is 1. The lowest BCUT2D eigenvalue weighted by molar-refractivity contribution is -0.122. The lowest BCUT2D eigenvalue weighted by Crippen LogP contribution is -2.40. The average molecular weight is 276 g/mol. The number of hydrogen-bond donors (Lipinski definition) is 1. The van der Waals surface area contributed by atoms with Crippen LogP contribution in [-0.4, -0.2) is 42.8 Å². The summed E-state index contributed by atoms with van der Waals surface area (Å²) in [5.74, 6) is -0.0155. The van der Waals surface area contributed by atoms with Crippen molar-refractivity contribution in [2.24, 2.45) is 0 Å². The smallest absolute Gasteiger partial charge is 0.234 e. The van der Waals surface area contributed by atoms with Gasteiger partial charge in [-0.25, -0.2) is 0 Å². The highest BCUT2D eigenvalue weighted by Gasteiger charge is 2.14. The summed E-state index contributed by atoms with van der Waals surface area (Å²) in [6, 6.07) is 5.91. The Hall–Kier alpha value is -1.68. The van der Waals surface area contributed by atoms with E-state index in [0.717, 1.165) is 16.7 Å². The van der Waals surface area contributed by atoms with Crippen LogP contribution in [0.25, 0.3) is 0 Å². The van der Waals surface area contributed by atoms with Crippen LogP contribution in [0.4, 0.5) is 0 Å². The zero-order valence-electron chi connectivity index (χ0n) is 13.0. The van der Waals surface area contributed by atoms with E-state index in [1.54, 1.807) is 11.9 Å². The van der Waals surface area contributed by atoms with Gasteiger partial charge >= 0.3 is 0 Å². The molecular weight excluding hydrogens is 252 g/mol. The molecule has 0 saturated heterocycles. The van der Waals surface area contributed by atoms with Gasteiger partial charge in [0.1, 0.15) is 0 Å². The van der Waals surface area contributed by atoms with Crippen LogP contribution in [-0.2, 0) is 4.79 Å². The van der Waals surface area contributed by atoms with Crippen LogP contribution in [0.15, 0.2) is 18.2 Å². The molecule has 0 radical (unpaired) electrons. The third-order valence-electron chi connectivity index (χ3n) is 2.96. The predicted octanol–water partition coefficient (Wildman–Crippen LogP) is 1.94. The largest absolute Gasteiger partial charge is 0.353 e. The van der Waals surface area contributed by atoms with E-state index in [-0.39, 0.29) is 30.8 Å². The first-order valence-corrected chi connectivity index (χ1v) is 6.88. The number of ketones is 1. The van der Waals surface area contributed by atoms with Crippen LogP contribution in [0.2, 0.25) is 0 Å². The van der Waals surface area contributed by atoms with Crippen molar-refractivity contribution in [2.45, 2.75) is 33.7 Å². The lowest BCUT2D eigenvalue weighted by atomic mass is 10.0. The second kappa shape index (κ2) is 7.20. The Morgan fingerprint density at radius 2 is 1.85 bits per heavy atom. The fourth-order valence-corrected chi connectivity index (χ4v) is 2.13. The molecule has 0 heterocycles. The van der Waals surface area contributed by atoms with Crippen LogP contribution in [0, 0.1) is 13.8 Å². The number of aryl methyl sites for hydroxylation is 2. The van der Waals surface area contributed by atoms with Crippen molar-refractivity contribution in [3.05, 3.63) is 34.9 Å². The van der Waals surface area contributed by atoms with Gasteiger partial charge in [0.15, 0.2) is 5.78 Å². The summed E-state index contributed by atoms with van der Waals surface area (Å²) in [5, 5.41) is 2.81. The molecular formula is C16H24N2O2. The van der Waals surface area contributed by atoms with E-state index in [2.05, 4.69) is 5.32 Å². The molecule has 110 valence electrons. The van der Waals surface area contributed by atoms with Crippen molar-refractivity contribution in [2.75, 3.05) is 20.1 Å². The summed E-state index contributed by atoms with van der Waals surface area (Å²) >= 11 is 0. The maximum Gasteiger partial charge on any atom is 0.234 e. The fraction of sp³-hybridized carbons (Fsp3) is 0.500. The molecule has 0 unspecified atom stereocenters. The van der Waals surface area contributed by atoms with Gasteiger partial charge in [0.2, 0.25) is 5.91 Å². The maximum atomic E-state index is 12.2. The monoisotopic (exact) mass is 276 g/mol. The number of benzene rings is 1. The van der Waals surface area contributed by atoms with Crippen molar-refractivity contribution in [3.63, 3.8) is 0 Å². The summed E-state index contributed by atoms with van der Waals surface area (Å²) in [6.45, 7) is 8.25. The zero-order chi connectivity index (χ0) is 15.3. The first-order chi connectivity index (χ1) is 9.29. The summed E-state index contributed by atoms with van der Waals surface area (Å²) < 4.78 is 0. The van der Waals surface area contributed by atoms with Crippen molar-refractivity contribution < 1.29 is 9.59 Å². The normalized spacial score (nSPS) is 10.9. The van der Waals surface area contributed by atoms with Crippen molar-refractivity contribution in [1.82, 2.24) is 10.2 Å². The SMILES string of the molecule is Cc1ccc(C(=O)CN(C)CC(=O)NC(C)C)c(C)c1. The molecule has 0 spiro atoms. The highest BCUT2D eigenvalue weighted by Crippen LogP contribution is 2.11. The number of carbonyl (C=O) groups excluding carboxylic acids is 2. The standard InChI is InChI=1S/C16H24N2O2/c1-11(2)17-16(20)10-18(5)9-15(19)14-7-6-12(3)8-13(14)4/h6-8,11H,9-10H2,1-5H3,(H,17,20). The molecule has 0 fully saturated rings. The Labute approximate surface area is 121 Å². The third-order valence-corrected chi connectivity index (χ3v) is 2.96. The predicted molar refractivity (Wildman–Crippen MR) is 81.0 cm³/mol. The highest BCUT2D eigenvalue weighted by atomic mass is 16.2. The molecule has 20 heavy (non-hydrogen) atoms. The molecule has 1 aromatic carbocycles. The van der Waals surface area contributed by atoms with E-state index in [0.29, 0.717) is 0 Å². The number of nitrogens with zero attached hydrogens (tertiary/aromatic N) is 1. The van der Waals surface area contributed by atoms with E-state index >= 15 is 0 Å². The number of rotatable bonds is 6. The molecule has 1 aromatic rings. The first kappa shape index (κ1) is 16.4. The van der Waals surface area contributed by atoms with Crippen molar-refractivity contribution >= 4 is 11.7 Å². The van der Waals surface area contributed by atoms with Gasteiger partial charge in [0, 0.05) is 11.6 Å². The molecule has 4 heteroatoms. The van der Waals surface area contributed by atoms with Gasteiger partial charge in [0.05, 0.1) is 13.1 Å². The van der Waals surface area contributed by atoms with E-state index in [9.17, 15) is 9.59 Å². The quantitative estimate of drug-likeness (QED) is 0.808. The average Bonchev–Trinajstić information content (AvgIpc) is 2.26. The minimum absolute atomic E-state index is 0.0438. The zero-order valence-corrected chi connectivity index (χ0v) is 13.0. The summed E-state index contributed by atoms with van der Waals surface area (Å²) in [6.07, 6.45) is 0. The fourth-order valence-electron chi connectivity index (χ4n) is 2.13. The number of Topliss-reactive ketones (excluding diaryl/α,β-unsaturated/α-hetero) is 1. The molecule has 1 amide bonds. The first-order valence-electron chi connectivity index (χ1n) is 6.88. The third kappa shape index (κ3) is 5.13. The summed E-state index contributed by atoms with van der Waals surface area (Å²) in [7, 11) is 1.78. The van der Waals surface area contributed by atoms with Gasteiger partial charge in [-0.05, 0) is 40.3 Å². The summed E-state index contributed by atoms with van der Waals surface area (Å²) in [4.78, 5) is 25.6. The Balaban J connectivity index is 2.59. The molecule has 0 aliphatic carbocycles. The van der Waals surface area contributed by atoms with Crippen LogP contribution in [0.1, 0.15) is 35.3 Å². The van der Waals surface area contributed by atoms with Crippen molar-refractivity contribution in [3.8, 4) is 0 Å². The molecule has 0 aromatic heterocycles. The van der Waals surface area contributed by atoms with E-state index in [1.165, 1.54) is 0 Å². The van der Waals surface area contributed by atoms with Gasteiger partial charge in [-0.2, -0.15) is 0 Å². The number of hydrogen-bond acceptors (Lipinski definition) is 3. The van der Waals surface area contributed by atoms with Gasteiger partial charge in [-0.15, -0.1) is 0 Å². The summed E-state index contributed by atoms with van der Waals surface area (Å²) in [5.41, 5.74) is 2.85. The van der Waals surface area contributed by atoms with E-state index in [1.807, 2.05) is 45.9 Å². The molecule has 4 nitrogen and oxygen atoms in total. The Morgan fingerprint density at radius 1 is 1.20 bits per heavy atom. The second-order valence-corrected chi connectivity index (χ2v) is 5.64. The van der Waals surface area contributed by atoms with Gasteiger partial charge in [0.25, 0.3) is 0 Å². The maximum absolute atomic E-state index is 12.2. The van der Waals surface area contributed by atoms with E-state index in [4.69, 9.17) is 0 Å². The molecule has 0 saturated carbocycles. The Morgan fingerprint density at radius 3 is 2.40 bits per heavy atom. The molecule has 1 N–H and O–H groups in total. The van der Waals surface area contributed by atoms with E-state index < -0.39 is 0 Å². The topological polar surface area (TPSA) is 49.4 Å².